The molecule has 0 aliphatic rings. The fraction of sp³-hybridized carbons (Fsp3) is 1.00. The summed E-state index contributed by atoms with van der Waals surface area (Å²) in [6, 6.07) is 0. The van der Waals surface area contributed by atoms with Crippen LogP contribution in [0.25, 0.3) is 0 Å². The van der Waals surface area contributed by atoms with Crippen molar-refractivity contribution in [2.75, 3.05) is 0 Å². The van der Waals surface area contributed by atoms with Gasteiger partial charge in [0.15, 0.2) is 0 Å². The molecule has 0 fully saturated rings. The Labute approximate surface area is 130 Å². The molecule has 20 heavy (non-hydrogen) atoms. The molecule has 0 nitrogen and oxygen atoms in total. The van der Waals surface area contributed by atoms with Crippen molar-refractivity contribution >= 4 is 35.0 Å². The van der Waals surface area contributed by atoms with Crippen LogP contribution >= 0.6 is 27.7 Å². The van der Waals surface area contributed by atoms with Gasteiger partial charge in [0.25, 0.3) is 0 Å². The largest absolute Gasteiger partial charge is 0.673 e. The van der Waals surface area contributed by atoms with Gasteiger partial charge in [-0.1, -0.05) is 62.3 Å². The normalized spacial score (nSPS) is 12.0. The standard InChI is InChI=1S/3C4H11P.BF4/c3*1-4(2,3)5;2-1(3,4)5/h3*5H2,1-3H3;/q;;;-1. The molecule has 0 aliphatic carbocycles. The van der Waals surface area contributed by atoms with Gasteiger partial charge in [0.05, 0.1) is 0 Å². The van der Waals surface area contributed by atoms with Crippen LogP contribution in [0.15, 0.2) is 0 Å². The van der Waals surface area contributed by atoms with Gasteiger partial charge in [-0.15, -0.1) is 27.7 Å². The molecule has 3 atom stereocenters. The minimum absolute atomic E-state index is 0.417. The molecular weight excluding hydrogens is 324 g/mol. The molecule has 0 bridgehead atoms. The summed E-state index contributed by atoms with van der Waals surface area (Å²) >= 11 is 0. The molecule has 0 saturated heterocycles. The second-order valence-corrected chi connectivity index (χ2v) is 12.8. The molecule has 0 aromatic rings. The van der Waals surface area contributed by atoms with Gasteiger partial charge in [-0.3, -0.25) is 0 Å². The number of hydrogen-bond acceptors (Lipinski definition) is 0. The van der Waals surface area contributed by atoms with E-state index in [1.54, 1.807) is 0 Å². The Bertz CT molecular complexity index is 141. The lowest BCUT2D eigenvalue weighted by molar-refractivity contribution is 0.368. The molecular formula is C12H33BF4P3-. The first-order valence-electron chi connectivity index (χ1n) is 6.24. The Morgan fingerprint density at radius 1 is 0.500 bits per heavy atom. The summed E-state index contributed by atoms with van der Waals surface area (Å²) in [4.78, 5) is 0. The van der Waals surface area contributed by atoms with E-state index in [-0.39, 0.29) is 0 Å². The van der Waals surface area contributed by atoms with Gasteiger partial charge < -0.3 is 17.3 Å². The molecule has 0 saturated carbocycles. The Kier molecular flexibility index (Phi) is 16.9. The summed E-state index contributed by atoms with van der Waals surface area (Å²) in [6.45, 7) is 19.4. The predicted molar refractivity (Wildman–Crippen MR) is 98.6 cm³/mol. The van der Waals surface area contributed by atoms with E-state index in [2.05, 4.69) is 90.0 Å². The zero-order valence-corrected chi connectivity index (χ0v) is 17.8. The van der Waals surface area contributed by atoms with Gasteiger partial charge in [0.2, 0.25) is 0 Å². The Morgan fingerprint density at radius 2 is 0.500 bits per heavy atom. The average Bonchev–Trinajstić information content (AvgIpc) is 1.62. The SMILES string of the molecule is CC(C)(C)P.CC(C)(C)P.CC(C)(C)P.F[B-](F)(F)F. The molecule has 0 aromatic heterocycles. The number of rotatable bonds is 0. The fourth-order valence-corrected chi connectivity index (χ4v) is 0. The summed E-state index contributed by atoms with van der Waals surface area (Å²) in [6.07, 6.45) is 0. The molecule has 0 rings (SSSR count). The molecule has 0 spiro atoms. The van der Waals surface area contributed by atoms with Crippen LogP contribution < -0.4 is 0 Å². The van der Waals surface area contributed by atoms with Crippen LogP contribution in [0, 0.1) is 0 Å². The van der Waals surface area contributed by atoms with Crippen molar-refractivity contribution in [3.8, 4) is 0 Å². The monoisotopic (exact) mass is 357 g/mol. The van der Waals surface area contributed by atoms with Crippen molar-refractivity contribution in [1.82, 2.24) is 0 Å². The van der Waals surface area contributed by atoms with E-state index in [0.717, 1.165) is 0 Å². The van der Waals surface area contributed by atoms with E-state index in [0.29, 0.717) is 15.5 Å². The summed E-state index contributed by atoms with van der Waals surface area (Å²) in [5, 5.41) is 1.25. The first-order valence-corrected chi connectivity index (χ1v) is 7.97. The number of hydrogen-bond donors (Lipinski definition) is 0. The first-order chi connectivity index (χ1) is 8.00. The maximum atomic E-state index is 9.75. The topological polar surface area (TPSA) is 0 Å². The molecule has 0 aromatic carbocycles. The van der Waals surface area contributed by atoms with E-state index < -0.39 is 7.25 Å². The molecule has 0 radical (unpaired) electrons. The third kappa shape index (κ3) is 5390. The van der Waals surface area contributed by atoms with Crippen LogP contribution in [0.2, 0.25) is 0 Å². The van der Waals surface area contributed by atoms with Crippen LogP contribution in [0.3, 0.4) is 0 Å². The van der Waals surface area contributed by atoms with Crippen molar-refractivity contribution in [2.45, 2.75) is 77.8 Å². The summed E-state index contributed by atoms with van der Waals surface area (Å²) < 4.78 is 39.0. The van der Waals surface area contributed by atoms with E-state index in [9.17, 15) is 17.3 Å². The summed E-state index contributed by atoms with van der Waals surface area (Å²) in [5.74, 6) is 0. The summed E-state index contributed by atoms with van der Waals surface area (Å²) in [5.41, 5.74) is 0. The van der Waals surface area contributed by atoms with Crippen molar-refractivity contribution in [3.05, 3.63) is 0 Å². The van der Waals surface area contributed by atoms with Crippen LogP contribution in [0.4, 0.5) is 17.3 Å². The molecule has 8 heteroatoms. The van der Waals surface area contributed by atoms with Gasteiger partial charge in [-0.25, -0.2) is 0 Å². The van der Waals surface area contributed by atoms with Gasteiger partial charge >= 0.3 is 7.25 Å². The van der Waals surface area contributed by atoms with Crippen LogP contribution in [-0.4, -0.2) is 22.7 Å². The van der Waals surface area contributed by atoms with Crippen LogP contribution in [0.5, 0.6) is 0 Å². The highest BCUT2D eigenvalue weighted by molar-refractivity contribution is 7.19. The molecule has 0 heterocycles. The number of halogens is 4. The maximum Gasteiger partial charge on any atom is 0.673 e. The molecule has 128 valence electrons. The van der Waals surface area contributed by atoms with Gasteiger partial charge in [0.1, 0.15) is 0 Å². The summed E-state index contributed by atoms with van der Waals surface area (Å²) in [7, 11) is 2.15. The minimum atomic E-state index is -6.00. The Balaban J connectivity index is -0.0000000853. The van der Waals surface area contributed by atoms with Crippen molar-refractivity contribution in [2.24, 2.45) is 0 Å². The zero-order chi connectivity index (χ0) is 18.0. The average molecular weight is 357 g/mol. The van der Waals surface area contributed by atoms with Crippen LogP contribution in [0.1, 0.15) is 62.3 Å². The lowest BCUT2D eigenvalue weighted by atomic mass is 10.3. The van der Waals surface area contributed by atoms with E-state index in [4.69, 9.17) is 0 Å². The Hall–Kier alpha value is 1.07. The smallest absolute Gasteiger partial charge is 0.418 e. The second-order valence-electron chi connectivity index (χ2n) is 7.59. The molecule has 3 unspecified atom stereocenters. The third-order valence-corrected chi connectivity index (χ3v) is 0. The van der Waals surface area contributed by atoms with Gasteiger partial charge in [0, 0.05) is 0 Å². The second kappa shape index (κ2) is 11.6. The Morgan fingerprint density at radius 3 is 0.500 bits per heavy atom. The quantitative estimate of drug-likeness (QED) is 0.272. The van der Waals surface area contributed by atoms with Crippen LogP contribution in [-0.2, 0) is 0 Å². The lowest BCUT2D eigenvalue weighted by Gasteiger charge is -2.05. The highest BCUT2D eigenvalue weighted by atomic mass is 31.0. The van der Waals surface area contributed by atoms with Gasteiger partial charge in [-0.2, -0.15) is 0 Å². The van der Waals surface area contributed by atoms with Crippen molar-refractivity contribution < 1.29 is 17.3 Å². The van der Waals surface area contributed by atoms with E-state index in [1.807, 2.05) is 0 Å². The maximum absolute atomic E-state index is 9.75. The molecule has 0 aliphatic heterocycles. The molecule has 0 N–H and O–H groups in total. The van der Waals surface area contributed by atoms with Gasteiger partial charge in [-0.05, 0) is 15.5 Å². The minimum Gasteiger partial charge on any atom is -0.418 e. The highest BCUT2D eigenvalue weighted by Gasteiger charge is 2.20. The lowest BCUT2D eigenvalue weighted by Crippen LogP contribution is -2.02. The fourth-order valence-electron chi connectivity index (χ4n) is 0. The van der Waals surface area contributed by atoms with Crippen molar-refractivity contribution in [3.63, 3.8) is 0 Å². The zero-order valence-electron chi connectivity index (χ0n) is 14.3. The van der Waals surface area contributed by atoms with E-state index in [1.165, 1.54) is 0 Å². The first kappa shape index (κ1) is 29.1. The third-order valence-electron chi connectivity index (χ3n) is 0. The van der Waals surface area contributed by atoms with E-state index >= 15 is 0 Å². The molecule has 0 amide bonds. The predicted octanol–water partition coefficient (Wildman–Crippen LogP) is 6.28. The van der Waals surface area contributed by atoms with Crippen molar-refractivity contribution in [1.29, 1.82) is 0 Å². The highest BCUT2D eigenvalue weighted by Crippen LogP contribution is 2.13.